The maximum absolute atomic E-state index is 11.6. The van der Waals surface area contributed by atoms with Crippen LogP contribution < -0.4 is 10.6 Å². The average molecular weight is 347 g/mol. The molecule has 0 aliphatic rings. The molecule has 0 spiro atoms. The Balaban J connectivity index is 2.36. The van der Waals surface area contributed by atoms with Crippen LogP contribution in [-0.2, 0) is 14.3 Å². The molecule has 0 radical (unpaired) electrons. The number of hydrogen-bond acceptors (Lipinski definition) is 5. The van der Waals surface area contributed by atoms with Crippen LogP contribution in [0.5, 0.6) is 0 Å². The van der Waals surface area contributed by atoms with Crippen LogP contribution in [0.2, 0.25) is 0 Å². The second-order valence-corrected chi connectivity index (χ2v) is 4.61. The third kappa shape index (κ3) is 5.04. The topological polar surface area (TPSA) is 97.6 Å². The van der Waals surface area contributed by atoms with Gasteiger partial charge in [0.2, 0.25) is 5.91 Å². The first-order chi connectivity index (χ1) is 9.43. The molecule has 0 saturated heterocycles. The molecule has 7 nitrogen and oxygen atoms in total. The fourth-order valence-electron chi connectivity index (χ4n) is 1.30. The lowest BCUT2D eigenvalue weighted by Gasteiger charge is -2.12. The van der Waals surface area contributed by atoms with Gasteiger partial charge < -0.3 is 19.8 Å². The third-order valence-electron chi connectivity index (χ3n) is 2.22. The number of ether oxygens (including phenoxy) is 1. The summed E-state index contributed by atoms with van der Waals surface area (Å²) in [5.41, 5.74) is 0. The Kier molecular flexibility index (Phi) is 6.23. The lowest BCUT2D eigenvalue weighted by atomic mass is 10.3. The van der Waals surface area contributed by atoms with Crippen molar-refractivity contribution in [1.82, 2.24) is 10.6 Å². The van der Waals surface area contributed by atoms with E-state index < -0.39 is 23.8 Å². The van der Waals surface area contributed by atoms with E-state index in [0.29, 0.717) is 4.67 Å². The Hall–Kier alpha value is -1.83. The maximum atomic E-state index is 11.6. The molecule has 0 saturated carbocycles. The van der Waals surface area contributed by atoms with Crippen molar-refractivity contribution >= 4 is 33.7 Å². The number of carbonyl (C=O) groups excluding carboxylic acids is 3. The van der Waals surface area contributed by atoms with Crippen LogP contribution in [-0.4, -0.2) is 37.0 Å². The molecule has 1 aromatic rings. The van der Waals surface area contributed by atoms with Gasteiger partial charge in [-0.1, -0.05) is 0 Å². The lowest BCUT2D eigenvalue weighted by molar-refractivity contribution is -0.146. The molecule has 0 aromatic carbocycles. The quantitative estimate of drug-likeness (QED) is 0.744. The predicted molar refractivity (Wildman–Crippen MR) is 73.0 cm³/mol. The van der Waals surface area contributed by atoms with Gasteiger partial charge in [-0.25, -0.2) is 4.79 Å². The van der Waals surface area contributed by atoms with Crippen LogP contribution in [0.4, 0.5) is 0 Å². The highest BCUT2D eigenvalue weighted by atomic mass is 79.9. The number of carbonyl (C=O) groups is 3. The van der Waals surface area contributed by atoms with Crippen molar-refractivity contribution in [3.63, 3.8) is 0 Å². The second-order valence-electron chi connectivity index (χ2n) is 3.83. The van der Waals surface area contributed by atoms with E-state index in [-0.39, 0.29) is 18.9 Å². The molecule has 1 aromatic heterocycles. The summed E-state index contributed by atoms with van der Waals surface area (Å²) >= 11 is 3.07. The van der Waals surface area contributed by atoms with Gasteiger partial charge in [0.25, 0.3) is 5.91 Å². The minimum Gasteiger partial charge on any atom is -0.464 e. The summed E-state index contributed by atoms with van der Waals surface area (Å²) in [6.07, 6.45) is 0. The Morgan fingerprint density at radius 2 is 2.10 bits per heavy atom. The van der Waals surface area contributed by atoms with E-state index in [1.807, 2.05) is 0 Å². The first-order valence-corrected chi connectivity index (χ1v) is 6.72. The van der Waals surface area contributed by atoms with E-state index >= 15 is 0 Å². The molecular formula is C12H15BrN2O5. The van der Waals surface area contributed by atoms with Crippen LogP contribution in [0.3, 0.4) is 0 Å². The van der Waals surface area contributed by atoms with Gasteiger partial charge in [0.1, 0.15) is 6.04 Å². The van der Waals surface area contributed by atoms with Gasteiger partial charge in [0, 0.05) is 0 Å². The lowest BCUT2D eigenvalue weighted by Crippen LogP contribution is -2.44. The Bertz CT molecular complexity index is 500. The summed E-state index contributed by atoms with van der Waals surface area (Å²) in [4.78, 5) is 34.4. The van der Waals surface area contributed by atoms with Gasteiger partial charge >= 0.3 is 5.97 Å². The van der Waals surface area contributed by atoms with E-state index in [9.17, 15) is 14.4 Å². The SMILES string of the molecule is CCOC(=O)C(C)NC(=O)CNC(=O)c1ccc(Br)o1. The monoisotopic (exact) mass is 346 g/mol. The van der Waals surface area contributed by atoms with Crippen molar-refractivity contribution in [2.75, 3.05) is 13.2 Å². The highest BCUT2D eigenvalue weighted by Crippen LogP contribution is 2.13. The molecule has 2 amide bonds. The van der Waals surface area contributed by atoms with E-state index in [1.165, 1.54) is 13.0 Å². The summed E-state index contributed by atoms with van der Waals surface area (Å²) in [5.74, 6) is -1.45. The molecule has 0 fully saturated rings. The van der Waals surface area contributed by atoms with E-state index in [2.05, 4.69) is 26.6 Å². The molecule has 1 atom stereocenters. The zero-order chi connectivity index (χ0) is 15.1. The van der Waals surface area contributed by atoms with Crippen LogP contribution >= 0.6 is 15.9 Å². The summed E-state index contributed by atoms with van der Waals surface area (Å²) in [6.45, 7) is 3.15. The molecule has 8 heteroatoms. The zero-order valence-electron chi connectivity index (χ0n) is 11.1. The number of halogens is 1. The second kappa shape index (κ2) is 7.68. The largest absolute Gasteiger partial charge is 0.464 e. The van der Waals surface area contributed by atoms with Crippen LogP contribution in [0.15, 0.2) is 21.2 Å². The van der Waals surface area contributed by atoms with Gasteiger partial charge in [0.05, 0.1) is 13.2 Å². The summed E-state index contributed by atoms with van der Waals surface area (Å²) in [5, 5.41) is 4.78. The number of nitrogens with one attached hydrogen (secondary N) is 2. The standard InChI is InChI=1S/C12H15BrN2O5/c1-3-19-12(18)7(2)15-10(16)6-14-11(17)8-4-5-9(13)20-8/h4-5,7H,3,6H2,1-2H3,(H,14,17)(H,15,16). The van der Waals surface area contributed by atoms with Gasteiger partial charge in [-0.3, -0.25) is 9.59 Å². The normalized spacial score (nSPS) is 11.6. The highest BCUT2D eigenvalue weighted by molar-refractivity contribution is 9.10. The highest BCUT2D eigenvalue weighted by Gasteiger charge is 2.17. The van der Waals surface area contributed by atoms with Crippen molar-refractivity contribution in [3.8, 4) is 0 Å². The average Bonchev–Trinajstić information content (AvgIpc) is 2.83. The van der Waals surface area contributed by atoms with Gasteiger partial charge in [-0.15, -0.1) is 0 Å². The number of hydrogen-bond donors (Lipinski definition) is 2. The summed E-state index contributed by atoms with van der Waals surface area (Å²) < 4.78 is 10.2. The molecule has 1 rings (SSSR count). The molecule has 20 heavy (non-hydrogen) atoms. The molecule has 1 unspecified atom stereocenters. The fourth-order valence-corrected chi connectivity index (χ4v) is 1.61. The molecule has 1 heterocycles. The Morgan fingerprint density at radius 1 is 1.40 bits per heavy atom. The third-order valence-corrected chi connectivity index (χ3v) is 2.65. The van der Waals surface area contributed by atoms with Crippen molar-refractivity contribution in [2.24, 2.45) is 0 Å². The van der Waals surface area contributed by atoms with Gasteiger partial charge in [-0.2, -0.15) is 0 Å². The van der Waals surface area contributed by atoms with E-state index in [1.54, 1.807) is 13.0 Å². The van der Waals surface area contributed by atoms with Gasteiger partial charge in [0.15, 0.2) is 10.4 Å². The van der Waals surface area contributed by atoms with Crippen LogP contribution in [0.25, 0.3) is 0 Å². The maximum Gasteiger partial charge on any atom is 0.328 e. The number of furan rings is 1. The first kappa shape index (κ1) is 16.2. The Labute approximate surface area is 124 Å². The number of rotatable bonds is 6. The van der Waals surface area contributed by atoms with Crippen molar-refractivity contribution < 1.29 is 23.5 Å². The summed E-state index contributed by atoms with van der Waals surface area (Å²) in [7, 11) is 0. The molecule has 2 N–H and O–H groups in total. The zero-order valence-corrected chi connectivity index (χ0v) is 12.7. The van der Waals surface area contributed by atoms with Crippen molar-refractivity contribution in [2.45, 2.75) is 19.9 Å². The number of esters is 1. The number of amides is 2. The fraction of sp³-hybridized carbons (Fsp3) is 0.417. The smallest absolute Gasteiger partial charge is 0.328 e. The van der Waals surface area contributed by atoms with E-state index in [0.717, 1.165) is 0 Å². The van der Waals surface area contributed by atoms with Crippen LogP contribution in [0, 0.1) is 0 Å². The summed E-state index contributed by atoms with van der Waals surface area (Å²) in [6, 6.07) is 2.27. The minimum absolute atomic E-state index is 0.0862. The minimum atomic E-state index is -0.767. The van der Waals surface area contributed by atoms with Crippen molar-refractivity contribution in [1.29, 1.82) is 0 Å². The first-order valence-electron chi connectivity index (χ1n) is 5.93. The molecule has 0 bridgehead atoms. The predicted octanol–water partition coefficient (Wildman–Crippen LogP) is 0.840. The molecule has 0 aliphatic heterocycles. The van der Waals surface area contributed by atoms with Gasteiger partial charge in [-0.05, 0) is 41.9 Å². The molecular weight excluding hydrogens is 332 g/mol. The molecule has 0 aliphatic carbocycles. The van der Waals surface area contributed by atoms with E-state index in [4.69, 9.17) is 9.15 Å². The van der Waals surface area contributed by atoms with Crippen LogP contribution in [0.1, 0.15) is 24.4 Å². The Morgan fingerprint density at radius 3 is 2.65 bits per heavy atom. The van der Waals surface area contributed by atoms with Crippen molar-refractivity contribution in [3.05, 3.63) is 22.6 Å². The molecule has 110 valence electrons.